The summed E-state index contributed by atoms with van der Waals surface area (Å²) in [6.07, 6.45) is 0. The molecule has 0 spiro atoms. The Morgan fingerprint density at radius 2 is 0.820 bits per heavy atom. The fourth-order valence-electron chi connectivity index (χ4n) is 5.78. The summed E-state index contributed by atoms with van der Waals surface area (Å²) in [4.78, 5) is 17.0. The van der Waals surface area contributed by atoms with Gasteiger partial charge in [0.05, 0.1) is 0 Å². The summed E-state index contributed by atoms with van der Waals surface area (Å²) in [5.74, 6) is 0.843. The molecule has 0 aliphatic rings. The maximum atomic E-state index is 14.2. The van der Waals surface area contributed by atoms with E-state index in [-0.39, 0.29) is 11.5 Å². The maximum absolute atomic E-state index is 14.2. The molecule has 254 valence electrons. The van der Waals surface area contributed by atoms with E-state index in [9.17, 15) is 4.57 Å². The van der Waals surface area contributed by atoms with Crippen LogP contribution in [0.15, 0.2) is 127 Å². The molecule has 0 bridgehead atoms. The Kier molecular flexibility index (Phi) is 10.5. The van der Waals surface area contributed by atoms with E-state index in [1.165, 1.54) is 0 Å². The lowest BCUT2D eigenvalue weighted by atomic mass is 9.83. The SMILES string of the molecule is Cc1ccc(OOP(=O)(OOc2ccc(C)cc2)OOc2cc(-c3ccccc3C)c(C)c(-c3ccccc3C)c2-c2ccccc2C)cc1. The second-order valence-electron chi connectivity index (χ2n) is 12.3. The van der Waals surface area contributed by atoms with Gasteiger partial charge in [-0.15, -0.1) is 0 Å². The molecule has 0 atom stereocenters. The molecule has 8 heteroatoms. The van der Waals surface area contributed by atoms with Crippen molar-refractivity contribution in [3.8, 4) is 50.6 Å². The van der Waals surface area contributed by atoms with Crippen molar-refractivity contribution < 1.29 is 33.3 Å². The minimum atomic E-state index is -4.73. The maximum Gasteiger partial charge on any atom is 0.583 e. The summed E-state index contributed by atoms with van der Waals surface area (Å²) in [7, 11) is -4.73. The van der Waals surface area contributed by atoms with Crippen LogP contribution in [0.2, 0.25) is 0 Å². The number of rotatable bonds is 12. The molecule has 0 fully saturated rings. The van der Waals surface area contributed by atoms with Crippen LogP contribution in [0.3, 0.4) is 0 Å². The highest BCUT2D eigenvalue weighted by Gasteiger charge is 2.36. The lowest BCUT2D eigenvalue weighted by Gasteiger charge is -2.24. The third kappa shape index (κ3) is 7.83. The van der Waals surface area contributed by atoms with Gasteiger partial charge in [-0.1, -0.05) is 122 Å². The van der Waals surface area contributed by atoms with Crippen LogP contribution in [-0.2, 0) is 18.6 Å². The van der Waals surface area contributed by atoms with Crippen molar-refractivity contribution in [1.29, 1.82) is 0 Å². The van der Waals surface area contributed by atoms with Gasteiger partial charge in [0.25, 0.3) is 0 Å². The van der Waals surface area contributed by atoms with E-state index in [0.717, 1.165) is 66.8 Å². The van der Waals surface area contributed by atoms with Gasteiger partial charge in [-0.3, -0.25) is 0 Å². The molecule has 7 nitrogen and oxygen atoms in total. The molecule has 0 saturated carbocycles. The number of hydrogen-bond acceptors (Lipinski definition) is 7. The molecular formula is C42H39O7P. The van der Waals surface area contributed by atoms with E-state index in [0.29, 0.717) is 5.75 Å². The van der Waals surface area contributed by atoms with Crippen LogP contribution < -0.4 is 14.7 Å². The first kappa shape index (κ1) is 34.7. The van der Waals surface area contributed by atoms with Crippen molar-refractivity contribution in [2.45, 2.75) is 41.5 Å². The van der Waals surface area contributed by atoms with Crippen LogP contribution in [0.5, 0.6) is 17.2 Å². The Hall–Kier alpha value is -5.17. The Morgan fingerprint density at radius 1 is 0.420 bits per heavy atom. The topological polar surface area (TPSA) is 72.5 Å². The van der Waals surface area contributed by atoms with E-state index >= 15 is 0 Å². The largest absolute Gasteiger partial charge is 0.583 e. The molecule has 0 aliphatic heterocycles. The summed E-state index contributed by atoms with van der Waals surface area (Å²) in [5.41, 5.74) is 11.8. The first-order valence-corrected chi connectivity index (χ1v) is 17.8. The quantitative estimate of drug-likeness (QED) is 0.0721. The van der Waals surface area contributed by atoms with Crippen molar-refractivity contribution in [3.63, 3.8) is 0 Å². The number of benzene rings is 6. The van der Waals surface area contributed by atoms with Gasteiger partial charge in [-0.05, 0) is 122 Å². The smallest absolute Gasteiger partial charge is 0.327 e. The van der Waals surface area contributed by atoms with Crippen LogP contribution in [0, 0.1) is 41.5 Å². The van der Waals surface area contributed by atoms with Gasteiger partial charge in [0, 0.05) is 5.56 Å². The molecule has 0 aliphatic carbocycles. The lowest BCUT2D eigenvalue weighted by Crippen LogP contribution is -2.09. The molecule has 6 aromatic rings. The molecule has 0 N–H and O–H groups in total. The molecular weight excluding hydrogens is 647 g/mol. The predicted octanol–water partition coefficient (Wildman–Crippen LogP) is 12.0. The Morgan fingerprint density at radius 3 is 1.28 bits per heavy atom. The lowest BCUT2D eigenvalue weighted by molar-refractivity contribution is -0.237. The van der Waals surface area contributed by atoms with E-state index in [2.05, 4.69) is 45.0 Å². The van der Waals surface area contributed by atoms with Crippen LogP contribution >= 0.6 is 7.82 Å². The molecule has 0 aromatic heterocycles. The molecule has 0 saturated heterocycles. The predicted molar refractivity (Wildman–Crippen MR) is 197 cm³/mol. The van der Waals surface area contributed by atoms with Crippen molar-refractivity contribution in [2.75, 3.05) is 0 Å². The summed E-state index contributed by atoms with van der Waals surface area (Å²) >= 11 is 0. The van der Waals surface area contributed by atoms with Crippen molar-refractivity contribution in [3.05, 3.63) is 161 Å². The second-order valence-corrected chi connectivity index (χ2v) is 13.6. The van der Waals surface area contributed by atoms with Gasteiger partial charge in [-0.2, -0.15) is 0 Å². The van der Waals surface area contributed by atoms with Gasteiger partial charge in [-0.25, -0.2) is 4.57 Å². The Labute approximate surface area is 293 Å². The van der Waals surface area contributed by atoms with Crippen LogP contribution in [0.25, 0.3) is 33.4 Å². The van der Waals surface area contributed by atoms with E-state index in [1.54, 1.807) is 24.3 Å². The first-order chi connectivity index (χ1) is 24.1. The van der Waals surface area contributed by atoms with Crippen molar-refractivity contribution in [2.24, 2.45) is 0 Å². The number of hydrogen-bond donors (Lipinski definition) is 0. The molecule has 0 heterocycles. The third-order valence-electron chi connectivity index (χ3n) is 8.52. The first-order valence-electron chi connectivity index (χ1n) is 16.3. The minimum Gasteiger partial charge on any atom is -0.327 e. The highest BCUT2D eigenvalue weighted by atomic mass is 31.2. The fraction of sp³-hybridized carbons (Fsp3) is 0.143. The third-order valence-corrected chi connectivity index (χ3v) is 9.30. The zero-order valence-electron chi connectivity index (χ0n) is 28.9. The second kappa shape index (κ2) is 15.2. The van der Waals surface area contributed by atoms with Gasteiger partial charge < -0.3 is 14.7 Å². The summed E-state index contributed by atoms with van der Waals surface area (Å²) in [5, 5.41) is 0. The molecule has 6 aromatic carbocycles. The van der Waals surface area contributed by atoms with Gasteiger partial charge in [0.1, 0.15) is 0 Å². The highest BCUT2D eigenvalue weighted by molar-refractivity contribution is 7.48. The minimum absolute atomic E-state index is 0.276. The van der Waals surface area contributed by atoms with Crippen molar-refractivity contribution in [1.82, 2.24) is 0 Å². The van der Waals surface area contributed by atoms with E-state index in [1.807, 2.05) is 99.6 Å². The molecule has 0 unspecified atom stereocenters. The van der Waals surface area contributed by atoms with Crippen molar-refractivity contribution >= 4 is 7.82 Å². The number of aryl methyl sites for hydroxylation is 5. The normalized spacial score (nSPS) is 11.3. The van der Waals surface area contributed by atoms with Crippen LogP contribution in [0.1, 0.15) is 33.4 Å². The van der Waals surface area contributed by atoms with Gasteiger partial charge in [0.2, 0.25) is 0 Å². The average Bonchev–Trinajstić information content (AvgIpc) is 3.12. The highest BCUT2D eigenvalue weighted by Crippen LogP contribution is 2.53. The number of phosphoric acid groups is 1. The van der Waals surface area contributed by atoms with E-state index in [4.69, 9.17) is 28.7 Å². The van der Waals surface area contributed by atoms with Gasteiger partial charge >= 0.3 is 7.82 Å². The zero-order chi connectivity index (χ0) is 35.3. The summed E-state index contributed by atoms with van der Waals surface area (Å²) in [6, 6.07) is 40.2. The standard InChI is InChI=1S/C42H39O7P/c1-28-19-23-34(24-20-28)44-47-50(43,48-45-35-25-21-29(2)22-26-35)49-46-40-27-39(36-16-10-7-13-30(36)3)33(6)41(37-17-11-8-14-31(37)4)42(40)38-18-12-9-15-32(38)5/h7-27H,1-6H3. The molecule has 0 amide bonds. The Balaban J connectivity index is 1.48. The summed E-state index contributed by atoms with van der Waals surface area (Å²) < 4.78 is 30.6. The average molecular weight is 687 g/mol. The monoisotopic (exact) mass is 686 g/mol. The molecule has 50 heavy (non-hydrogen) atoms. The van der Waals surface area contributed by atoms with E-state index < -0.39 is 7.82 Å². The van der Waals surface area contributed by atoms with Crippen LogP contribution in [0.4, 0.5) is 0 Å². The zero-order valence-corrected chi connectivity index (χ0v) is 29.8. The van der Waals surface area contributed by atoms with Gasteiger partial charge in [0.15, 0.2) is 17.2 Å². The Bertz CT molecular complexity index is 2100. The summed E-state index contributed by atoms with van der Waals surface area (Å²) in [6.45, 7) is 12.2. The van der Waals surface area contributed by atoms with Crippen LogP contribution in [-0.4, -0.2) is 0 Å². The molecule has 6 rings (SSSR count). The fourth-order valence-corrected chi connectivity index (χ4v) is 6.38. The molecule has 0 radical (unpaired) electrons.